The Balaban J connectivity index is 1.98. The molecule has 1 fully saturated rings. The maximum atomic E-state index is 6.16. The lowest BCUT2D eigenvalue weighted by molar-refractivity contribution is 0.966. The normalized spacial score (nSPS) is 15.6. The first-order valence-corrected chi connectivity index (χ1v) is 6.50. The van der Waals surface area contributed by atoms with Crippen molar-refractivity contribution in [2.24, 2.45) is 10.8 Å². The van der Waals surface area contributed by atoms with Gasteiger partial charge in [0.05, 0.1) is 22.3 Å². The van der Waals surface area contributed by atoms with Gasteiger partial charge in [-0.3, -0.25) is 10.4 Å². The third kappa shape index (κ3) is 2.62. The molecule has 4 N–H and O–H groups in total. The van der Waals surface area contributed by atoms with Gasteiger partial charge in [-0.25, -0.2) is 10.8 Å². The second kappa shape index (κ2) is 5.03. The number of rotatable bonds is 2. The Hall–Kier alpha value is -1.85. The second-order valence-corrected chi connectivity index (χ2v) is 4.88. The van der Waals surface area contributed by atoms with Crippen LogP contribution in [0.4, 0.5) is 5.69 Å². The molecule has 1 aromatic heterocycles. The molecular weight excluding hydrogens is 262 g/mol. The Morgan fingerprint density at radius 3 is 2.95 bits per heavy atom. The van der Waals surface area contributed by atoms with Crippen LogP contribution in [-0.2, 0) is 0 Å². The third-order valence-corrected chi connectivity index (χ3v) is 3.29. The van der Waals surface area contributed by atoms with E-state index in [0.717, 1.165) is 29.4 Å². The third-order valence-electron chi connectivity index (χ3n) is 2.96. The number of pyridine rings is 1. The molecule has 0 amide bonds. The Morgan fingerprint density at radius 2 is 2.21 bits per heavy atom. The zero-order valence-corrected chi connectivity index (χ0v) is 11.0. The monoisotopic (exact) mass is 275 g/mol. The second-order valence-electron chi connectivity index (χ2n) is 4.47. The van der Waals surface area contributed by atoms with Crippen molar-refractivity contribution in [2.45, 2.75) is 18.9 Å². The molecule has 98 valence electrons. The van der Waals surface area contributed by atoms with Crippen molar-refractivity contribution in [1.29, 1.82) is 0 Å². The number of hydrazine groups is 1. The number of benzene rings is 1. The number of halogens is 1. The van der Waals surface area contributed by atoms with E-state index in [4.69, 9.17) is 17.4 Å². The van der Waals surface area contributed by atoms with Gasteiger partial charge in [-0.2, -0.15) is 0 Å². The van der Waals surface area contributed by atoms with E-state index in [1.807, 2.05) is 24.3 Å². The van der Waals surface area contributed by atoms with Gasteiger partial charge >= 0.3 is 0 Å². The molecule has 6 heteroatoms. The van der Waals surface area contributed by atoms with Crippen LogP contribution in [0.1, 0.15) is 12.8 Å². The lowest BCUT2D eigenvalue weighted by Gasteiger charge is -2.11. The van der Waals surface area contributed by atoms with E-state index in [1.165, 1.54) is 0 Å². The number of fused-ring (bicyclic) bond motifs is 1. The first-order chi connectivity index (χ1) is 9.28. The van der Waals surface area contributed by atoms with Gasteiger partial charge in [0.15, 0.2) is 0 Å². The molecule has 0 bridgehead atoms. The zero-order chi connectivity index (χ0) is 13.2. The quantitative estimate of drug-likeness (QED) is 0.340. The molecule has 1 heterocycles. The number of nitrogens with one attached hydrogen (secondary N) is 2. The average Bonchev–Trinajstić information content (AvgIpc) is 3.25. The van der Waals surface area contributed by atoms with Gasteiger partial charge in [0.1, 0.15) is 0 Å². The molecular formula is C13H14ClN5. The molecule has 0 atom stereocenters. The van der Waals surface area contributed by atoms with Gasteiger partial charge in [0.2, 0.25) is 5.96 Å². The van der Waals surface area contributed by atoms with Crippen LogP contribution in [0, 0.1) is 0 Å². The summed E-state index contributed by atoms with van der Waals surface area (Å²) in [5.41, 5.74) is 4.21. The predicted molar refractivity (Wildman–Crippen MR) is 78.2 cm³/mol. The average molecular weight is 276 g/mol. The van der Waals surface area contributed by atoms with Crippen molar-refractivity contribution >= 4 is 34.2 Å². The van der Waals surface area contributed by atoms with Gasteiger partial charge in [-0.15, -0.1) is 0 Å². The maximum absolute atomic E-state index is 6.16. The highest BCUT2D eigenvalue weighted by molar-refractivity contribution is 6.35. The number of aromatic nitrogens is 1. The van der Waals surface area contributed by atoms with E-state index in [2.05, 4.69) is 20.7 Å². The molecule has 2 aromatic rings. The van der Waals surface area contributed by atoms with Gasteiger partial charge < -0.3 is 5.32 Å². The smallest absolute Gasteiger partial charge is 0.210 e. The van der Waals surface area contributed by atoms with E-state index in [9.17, 15) is 0 Å². The Kier molecular flexibility index (Phi) is 3.23. The van der Waals surface area contributed by atoms with Crippen molar-refractivity contribution in [3.63, 3.8) is 0 Å². The Labute approximate surface area is 115 Å². The van der Waals surface area contributed by atoms with E-state index >= 15 is 0 Å². The number of guanidine groups is 1. The van der Waals surface area contributed by atoms with E-state index in [0.29, 0.717) is 17.0 Å². The van der Waals surface area contributed by atoms with Crippen LogP contribution in [0.2, 0.25) is 5.02 Å². The van der Waals surface area contributed by atoms with E-state index in [-0.39, 0.29) is 0 Å². The van der Waals surface area contributed by atoms with Crippen molar-refractivity contribution in [3.8, 4) is 0 Å². The Morgan fingerprint density at radius 1 is 1.37 bits per heavy atom. The number of hydrogen-bond acceptors (Lipinski definition) is 3. The zero-order valence-electron chi connectivity index (χ0n) is 10.2. The minimum Gasteiger partial charge on any atom is -0.323 e. The fraction of sp³-hybridized carbons (Fsp3) is 0.231. The number of aliphatic imine (C=N–C) groups is 1. The molecule has 1 aliphatic rings. The molecule has 0 unspecified atom stereocenters. The molecule has 19 heavy (non-hydrogen) atoms. The van der Waals surface area contributed by atoms with Gasteiger partial charge in [-0.1, -0.05) is 11.6 Å². The minimum absolute atomic E-state index is 0.380. The Bertz CT molecular complexity index is 636. The largest absolute Gasteiger partial charge is 0.323 e. The van der Waals surface area contributed by atoms with Crippen LogP contribution >= 0.6 is 11.6 Å². The highest BCUT2D eigenvalue weighted by atomic mass is 35.5. The summed E-state index contributed by atoms with van der Waals surface area (Å²) in [7, 11) is 0. The van der Waals surface area contributed by atoms with Crippen LogP contribution in [0.3, 0.4) is 0 Å². The number of anilines is 1. The summed E-state index contributed by atoms with van der Waals surface area (Å²) in [6.07, 6.45) is 3.97. The van der Waals surface area contributed by atoms with E-state index < -0.39 is 0 Å². The lowest BCUT2D eigenvalue weighted by atomic mass is 10.2. The summed E-state index contributed by atoms with van der Waals surface area (Å²) in [6.45, 7) is 0. The summed E-state index contributed by atoms with van der Waals surface area (Å²) in [6, 6.07) is 7.88. The summed E-state index contributed by atoms with van der Waals surface area (Å²) < 4.78 is 0. The van der Waals surface area contributed by atoms with Crippen molar-refractivity contribution in [1.82, 2.24) is 10.4 Å². The molecule has 0 saturated heterocycles. The SMILES string of the molecule is NNC(=NC1CC1)Nc1ccc(Cl)c2cccnc12. The summed E-state index contributed by atoms with van der Waals surface area (Å²) >= 11 is 6.16. The van der Waals surface area contributed by atoms with Crippen LogP contribution in [-0.4, -0.2) is 17.0 Å². The predicted octanol–water partition coefficient (Wildman–Crippen LogP) is 2.28. The molecule has 3 rings (SSSR count). The minimum atomic E-state index is 0.380. The first-order valence-electron chi connectivity index (χ1n) is 6.12. The van der Waals surface area contributed by atoms with E-state index in [1.54, 1.807) is 6.20 Å². The summed E-state index contributed by atoms with van der Waals surface area (Å²) in [5.74, 6) is 6.03. The molecule has 1 saturated carbocycles. The molecule has 1 aliphatic carbocycles. The molecule has 5 nitrogen and oxygen atoms in total. The number of nitrogens with zero attached hydrogens (tertiary/aromatic N) is 2. The first kappa shape index (κ1) is 12.2. The van der Waals surface area contributed by atoms with Crippen molar-refractivity contribution in [3.05, 3.63) is 35.5 Å². The number of nitrogens with two attached hydrogens (primary N) is 1. The topological polar surface area (TPSA) is 75.3 Å². The molecule has 1 aromatic carbocycles. The highest BCUT2D eigenvalue weighted by Crippen LogP contribution is 2.28. The molecule has 0 spiro atoms. The van der Waals surface area contributed by atoms with Crippen molar-refractivity contribution < 1.29 is 0 Å². The highest BCUT2D eigenvalue weighted by Gasteiger charge is 2.21. The van der Waals surface area contributed by atoms with Crippen LogP contribution in [0.25, 0.3) is 10.9 Å². The molecule has 0 aliphatic heterocycles. The molecule has 0 radical (unpaired) electrons. The summed E-state index contributed by atoms with van der Waals surface area (Å²) in [4.78, 5) is 8.79. The fourth-order valence-electron chi connectivity index (χ4n) is 1.86. The van der Waals surface area contributed by atoms with Gasteiger partial charge in [0, 0.05) is 11.6 Å². The standard InChI is InChI=1S/C13H14ClN5/c14-10-5-6-11(12-9(10)2-1-7-16-12)18-13(19-15)17-8-3-4-8/h1-2,5-8H,3-4,15H2,(H2,17,18,19). The van der Waals surface area contributed by atoms with Crippen LogP contribution < -0.4 is 16.6 Å². The van der Waals surface area contributed by atoms with Crippen molar-refractivity contribution in [2.75, 3.05) is 5.32 Å². The summed E-state index contributed by atoms with van der Waals surface area (Å²) in [5, 5.41) is 4.74. The fourth-order valence-corrected chi connectivity index (χ4v) is 2.07. The van der Waals surface area contributed by atoms with Crippen LogP contribution in [0.15, 0.2) is 35.5 Å². The lowest BCUT2D eigenvalue weighted by Crippen LogP contribution is -2.36. The van der Waals surface area contributed by atoms with Gasteiger partial charge in [-0.05, 0) is 37.1 Å². The van der Waals surface area contributed by atoms with Crippen LogP contribution in [0.5, 0.6) is 0 Å². The van der Waals surface area contributed by atoms with Gasteiger partial charge in [0.25, 0.3) is 0 Å². The number of hydrogen-bond donors (Lipinski definition) is 3. The maximum Gasteiger partial charge on any atom is 0.210 e.